The lowest BCUT2D eigenvalue weighted by Gasteiger charge is -2.23. The van der Waals surface area contributed by atoms with Gasteiger partial charge in [-0.15, -0.1) is 0 Å². The van der Waals surface area contributed by atoms with Crippen molar-refractivity contribution in [3.05, 3.63) is 54.4 Å². The molecule has 0 bridgehead atoms. The van der Waals surface area contributed by atoms with Crippen molar-refractivity contribution >= 4 is 17.4 Å². The van der Waals surface area contributed by atoms with Gasteiger partial charge in [-0.05, 0) is 29.2 Å². The molecular formula is C16H19N3O. The number of amides is 2. The topological polar surface area (TPSA) is 54.0 Å². The van der Waals surface area contributed by atoms with E-state index in [-0.39, 0.29) is 11.4 Å². The molecule has 20 heavy (non-hydrogen) atoms. The van der Waals surface area contributed by atoms with Gasteiger partial charge in [-0.3, -0.25) is 4.98 Å². The van der Waals surface area contributed by atoms with Crippen LogP contribution in [0, 0.1) is 0 Å². The highest BCUT2D eigenvalue weighted by molar-refractivity contribution is 6.00. The van der Waals surface area contributed by atoms with Crippen LogP contribution >= 0.6 is 0 Å². The third-order valence-corrected chi connectivity index (χ3v) is 2.92. The molecule has 0 radical (unpaired) electrons. The number of aromatic nitrogens is 1. The van der Waals surface area contributed by atoms with Gasteiger partial charge in [0.15, 0.2) is 0 Å². The summed E-state index contributed by atoms with van der Waals surface area (Å²) in [5.74, 6) is 0. The molecule has 2 aromatic rings. The van der Waals surface area contributed by atoms with Crippen molar-refractivity contribution in [1.82, 2.24) is 4.98 Å². The van der Waals surface area contributed by atoms with E-state index in [1.165, 1.54) is 0 Å². The molecule has 0 aliphatic carbocycles. The number of para-hydroxylation sites is 1. The lowest BCUT2D eigenvalue weighted by molar-refractivity contribution is 0.262. The van der Waals surface area contributed by atoms with Gasteiger partial charge in [-0.2, -0.15) is 0 Å². The van der Waals surface area contributed by atoms with E-state index in [0.717, 1.165) is 11.3 Å². The maximum atomic E-state index is 12.0. The first-order valence-corrected chi connectivity index (χ1v) is 6.54. The SMILES string of the molecule is CC(C)(C)c1ccccc1NC(=O)Nc1ccncc1. The molecule has 1 aromatic heterocycles. The molecule has 104 valence electrons. The number of urea groups is 1. The predicted molar refractivity (Wildman–Crippen MR) is 82.0 cm³/mol. The first kappa shape index (κ1) is 14.1. The minimum atomic E-state index is -0.257. The van der Waals surface area contributed by atoms with Crippen LogP contribution in [0.4, 0.5) is 16.2 Å². The van der Waals surface area contributed by atoms with Gasteiger partial charge in [0.25, 0.3) is 0 Å². The first-order chi connectivity index (χ1) is 9.47. The summed E-state index contributed by atoms with van der Waals surface area (Å²) >= 11 is 0. The summed E-state index contributed by atoms with van der Waals surface area (Å²) in [5.41, 5.74) is 2.61. The van der Waals surface area contributed by atoms with E-state index in [9.17, 15) is 4.79 Å². The van der Waals surface area contributed by atoms with E-state index < -0.39 is 0 Å². The standard InChI is InChI=1S/C16H19N3O/c1-16(2,3)13-6-4-5-7-14(13)19-15(20)18-12-8-10-17-11-9-12/h4-11H,1-3H3,(H2,17,18,19,20). The average Bonchev–Trinajstić information content (AvgIpc) is 2.39. The number of nitrogens with zero attached hydrogens (tertiary/aromatic N) is 1. The highest BCUT2D eigenvalue weighted by Gasteiger charge is 2.18. The van der Waals surface area contributed by atoms with Gasteiger partial charge in [0.1, 0.15) is 0 Å². The van der Waals surface area contributed by atoms with Gasteiger partial charge >= 0.3 is 6.03 Å². The minimum absolute atomic E-state index is 0.0272. The molecular weight excluding hydrogens is 250 g/mol. The van der Waals surface area contributed by atoms with Crippen LogP contribution in [0.3, 0.4) is 0 Å². The molecule has 1 heterocycles. The second-order valence-corrected chi connectivity index (χ2v) is 5.61. The number of anilines is 2. The van der Waals surface area contributed by atoms with Gasteiger partial charge < -0.3 is 10.6 Å². The average molecular weight is 269 g/mol. The Morgan fingerprint density at radius 1 is 1.00 bits per heavy atom. The molecule has 0 saturated heterocycles. The van der Waals surface area contributed by atoms with E-state index in [2.05, 4.69) is 36.4 Å². The van der Waals surface area contributed by atoms with Crippen molar-refractivity contribution < 1.29 is 4.79 Å². The number of rotatable bonds is 2. The molecule has 2 amide bonds. The quantitative estimate of drug-likeness (QED) is 0.865. The summed E-state index contributed by atoms with van der Waals surface area (Å²) in [7, 11) is 0. The Bertz CT molecular complexity index is 588. The zero-order valence-corrected chi connectivity index (χ0v) is 12.0. The highest BCUT2D eigenvalue weighted by Crippen LogP contribution is 2.29. The van der Waals surface area contributed by atoms with Gasteiger partial charge in [0, 0.05) is 23.8 Å². The van der Waals surface area contributed by atoms with E-state index in [1.807, 2.05) is 24.3 Å². The molecule has 0 unspecified atom stereocenters. The number of carbonyl (C=O) groups is 1. The zero-order valence-electron chi connectivity index (χ0n) is 12.0. The van der Waals surface area contributed by atoms with Crippen LogP contribution in [0.15, 0.2) is 48.8 Å². The maximum Gasteiger partial charge on any atom is 0.323 e. The fraction of sp³-hybridized carbons (Fsp3) is 0.250. The molecule has 0 aliphatic heterocycles. The summed E-state index contributed by atoms with van der Waals surface area (Å²) in [4.78, 5) is 15.9. The second-order valence-electron chi connectivity index (χ2n) is 5.61. The Morgan fingerprint density at radius 2 is 1.65 bits per heavy atom. The van der Waals surface area contributed by atoms with Gasteiger partial charge in [-0.1, -0.05) is 39.0 Å². The van der Waals surface area contributed by atoms with Crippen molar-refractivity contribution in [2.24, 2.45) is 0 Å². The minimum Gasteiger partial charge on any atom is -0.308 e. The Hall–Kier alpha value is -2.36. The van der Waals surface area contributed by atoms with E-state index >= 15 is 0 Å². The monoisotopic (exact) mass is 269 g/mol. The third-order valence-electron chi connectivity index (χ3n) is 2.92. The van der Waals surface area contributed by atoms with Gasteiger partial charge in [0.05, 0.1) is 0 Å². The van der Waals surface area contributed by atoms with Gasteiger partial charge in [0.2, 0.25) is 0 Å². The Morgan fingerprint density at radius 3 is 2.30 bits per heavy atom. The zero-order chi connectivity index (χ0) is 14.6. The number of hydrogen-bond donors (Lipinski definition) is 2. The van der Waals surface area contributed by atoms with Crippen LogP contribution in [-0.2, 0) is 5.41 Å². The molecule has 2 rings (SSSR count). The summed E-state index contributed by atoms with van der Waals surface area (Å²) in [6.07, 6.45) is 3.28. The molecule has 0 spiro atoms. The molecule has 4 heteroatoms. The normalized spacial score (nSPS) is 10.9. The van der Waals surface area contributed by atoms with Crippen LogP contribution < -0.4 is 10.6 Å². The predicted octanol–water partition coefficient (Wildman–Crippen LogP) is 4.02. The molecule has 1 aromatic carbocycles. The fourth-order valence-electron chi connectivity index (χ4n) is 1.97. The van der Waals surface area contributed by atoms with Crippen LogP contribution in [-0.4, -0.2) is 11.0 Å². The number of carbonyl (C=O) groups excluding carboxylic acids is 1. The highest BCUT2D eigenvalue weighted by atomic mass is 16.2. The first-order valence-electron chi connectivity index (χ1n) is 6.54. The molecule has 0 saturated carbocycles. The van der Waals surface area contributed by atoms with Crippen molar-refractivity contribution in [2.45, 2.75) is 26.2 Å². The third kappa shape index (κ3) is 3.57. The summed E-state index contributed by atoms with van der Waals surface area (Å²) in [5, 5.41) is 5.67. The van der Waals surface area contributed by atoms with Crippen LogP contribution in [0.2, 0.25) is 0 Å². The number of benzene rings is 1. The number of hydrogen-bond acceptors (Lipinski definition) is 2. The van der Waals surface area contributed by atoms with Gasteiger partial charge in [-0.25, -0.2) is 4.79 Å². The molecule has 4 nitrogen and oxygen atoms in total. The molecule has 0 fully saturated rings. The largest absolute Gasteiger partial charge is 0.323 e. The van der Waals surface area contributed by atoms with Crippen molar-refractivity contribution in [2.75, 3.05) is 10.6 Å². The van der Waals surface area contributed by atoms with Crippen LogP contribution in [0.5, 0.6) is 0 Å². The fourth-order valence-corrected chi connectivity index (χ4v) is 1.97. The van der Waals surface area contributed by atoms with Crippen molar-refractivity contribution in [1.29, 1.82) is 0 Å². The molecule has 2 N–H and O–H groups in total. The Kier molecular flexibility index (Phi) is 4.03. The summed E-state index contributed by atoms with van der Waals surface area (Å²) < 4.78 is 0. The Balaban J connectivity index is 2.13. The van der Waals surface area contributed by atoms with Crippen LogP contribution in [0.1, 0.15) is 26.3 Å². The molecule has 0 aliphatic rings. The number of pyridine rings is 1. The van der Waals surface area contributed by atoms with Crippen LogP contribution in [0.25, 0.3) is 0 Å². The summed E-state index contributed by atoms with van der Waals surface area (Å²) in [6, 6.07) is 11.1. The van der Waals surface area contributed by atoms with E-state index in [4.69, 9.17) is 0 Å². The summed E-state index contributed by atoms with van der Waals surface area (Å²) in [6.45, 7) is 6.36. The van der Waals surface area contributed by atoms with E-state index in [1.54, 1.807) is 24.5 Å². The van der Waals surface area contributed by atoms with Crippen molar-refractivity contribution in [3.8, 4) is 0 Å². The second kappa shape index (κ2) is 5.74. The smallest absolute Gasteiger partial charge is 0.308 e. The lowest BCUT2D eigenvalue weighted by Crippen LogP contribution is -2.22. The Labute approximate surface area is 119 Å². The van der Waals surface area contributed by atoms with Crippen molar-refractivity contribution in [3.63, 3.8) is 0 Å². The lowest BCUT2D eigenvalue weighted by atomic mass is 9.86. The number of nitrogens with one attached hydrogen (secondary N) is 2. The maximum absolute atomic E-state index is 12.0. The molecule has 0 atom stereocenters. The van der Waals surface area contributed by atoms with E-state index in [0.29, 0.717) is 5.69 Å².